The molecule has 0 amide bonds. The van der Waals surface area contributed by atoms with Gasteiger partial charge in [0.1, 0.15) is 0 Å². The third-order valence-corrected chi connectivity index (χ3v) is 4.32. The number of nitrogens with zero attached hydrogens (tertiary/aromatic N) is 1. The normalized spacial score (nSPS) is 16.7. The van der Waals surface area contributed by atoms with E-state index in [1.807, 2.05) is 13.1 Å². The Hall–Kier alpha value is -0.850. The van der Waals surface area contributed by atoms with Crippen LogP contribution in [0.3, 0.4) is 0 Å². The molecule has 0 aliphatic rings. The van der Waals surface area contributed by atoms with E-state index in [0.717, 1.165) is 30.4 Å². The van der Waals surface area contributed by atoms with Crippen LogP contribution >= 0.6 is 0 Å². The molecular formula is C19H35N. The van der Waals surface area contributed by atoms with Gasteiger partial charge >= 0.3 is 0 Å². The molecule has 0 heterocycles. The molecule has 0 bridgehead atoms. The van der Waals surface area contributed by atoms with Crippen LogP contribution < -0.4 is 0 Å². The third kappa shape index (κ3) is 6.54. The molecule has 20 heavy (non-hydrogen) atoms. The molecule has 1 heteroatoms. The van der Waals surface area contributed by atoms with E-state index >= 15 is 0 Å². The largest absolute Gasteiger partial charge is 0.266 e. The van der Waals surface area contributed by atoms with Gasteiger partial charge in [-0.25, -0.2) is 0 Å². The van der Waals surface area contributed by atoms with Crippen molar-refractivity contribution in [2.75, 3.05) is 0 Å². The fraction of sp³-hybridized carbons (Fsp3) is 0.737. The molecule has 0 radical (unpaired) electrons. The van der Waals surface area contributed by atoms with Crippen molar-refractivity contribution in [3.63, 3.8) is 0 Å². The van der Waals surface area contributed by atoms with Crippen LogP contribution in [0.25, 0.3) is 0 Å². The van der Waals surface area contributed by atoms with Crippen molar-refractivity contribution in [1.29, 1.82) is 0 Å². The summed E-state index contributed by atoms with van der Waals surface area (Å²) < 4.78 is 0. The minimum atomic E-state index is 0.640. The summed E-state index contributed by atoms with van der Waals surface area (Å²) in [5.41, 5.74) is 3.78. The van der Waals surface area contributed by atoms with Crippen LogP contribution in [0.1, 0.15) is 68.2 Å². The van der Waals surface area contributed by atoms with Gasteiger partial charge < -0.3 is 0 Å². The quantitative estimate of drug-likeness (QED) is 0.366. The Morgan fingerprint density at radius 2 is 1.60 bits per heavy atom. The number of hydrogen-bond acceptors (Lipinski definition) is 1. The predicted molar refractivity (Wildman–Crippen MR) is 93.2 cm³/mol. The van der Waals surface area contributed by atoms with E-state index in [2.05, 4.69) is 60.0 Å². The highest BCUT2D eigenvalue weighted by atomic mass is 14.7. The molecule has 1 nitrogen and oxygen atoms in total. The van der Waals surface area contributed by atoms with Crippen LogP contribution in [0.2, 0.25) is 0 Å². The Morgan fingerprint density at radius 1 is 1.05 bits per heavy atom. The highest BCUT2D eigenvalue weighted by Gasteiger charge is 2.19. The number of rotatable bonds is 8. The van der Waals surface area contributed by atoms with E-state index in [9.17, 15) is 0 Å². The molecule has 0 aromatic rings. The number of aliphatic imine (C=N–C) groups is 1. The summed E-state index contributed by atoms with van der Waals surface area (Å²) in [5.74, 6) is 2.76. The van der Waals surface area contributed by atoms with E-state index in [0.29, 0.717) is 11.8 Å². The van der Waals surface area contributed by atoms with Crippen molar-refractivity contribution in [3.8, 4) is 0 Å². The zero-order chi connectivity index (χ0) is 15.9. The molecule has 0 aromatic carbocycles. The lowest BCUT2D eigenvalue weighted by molar-refractivity contribution is 0.295. The van der Waals surface area contributed by atoms with Crippen LogP contribution in [0.15, 0.2) is 28.4 Å². The smallest absolute Gasteiger partial charge is 0.0403 e. The molecule has 0 spiro atoms. The van der Waals surface area contributed by atoms with Crippen LogP contribution in [0, 0.1) is 23.7 Å². The maximum atomic E-state index is 4.48. The highest BCUT2D eigenvalue weighted by Crippen LogP contribution is 2.31. The van der Waals surface area contributed by atoms with Crippen LogP contribution in [0.4, 0.5) is 0 Å². The van der Waals surface area contributed by atoms with Crippen LogP contribution in [-0.4, -0.2) is 6.21 Å². The molecule has 116 valence electrons. The number of allylic oxidation sites excluding steroid dienone is 3. The zero-order valence-corrected chi connectivity index (χ0v) is 15.0. The fourth-order valence-electron chi connectivity index (χ4n) is 2.58. The van der Waals surface area contributed by atoms with E-state index in [1.54, 1.807) is 0 Å². The molecule has 0 aliphatic carbocycles. The van der Waals surface area contributed by atoms with Gasteiger partial charge in [-0.3, -0.25) is 4.99 Å². The first kappa shape index (κ1) is 19.1. The standard InChI is InChI=1S/C19H35N/c1-10-20-18(9)19(11-13(2)3)16(7)12-15(6)17(8)14(4)5/h10,13-15,17H,7,11-12H2,1-6,8-9H3/b19-18-,20-10-. The zero-order valence-electron chi connectivity index (χ0n) is 15.0. The minimum Gasteiger partial charge on any atom is -0.266 e. The molecule has 0 saturated carbocycles. The van der Waals surface area contributed by atoms with Crippen LogP contribution in [0.5, 0.6) is 0 Å². The van der Waals surface area contributed by atoms with Gasteiger partial charge in [0.2, 0.25) is 0 Å². The van der Waals surface area contributed by atoms with Crippen molar-refractivity contribution in [2.45, 2.75) is 68.2 Å². The summed E-state index contributed by atoms with van der Waals surface area (Å²) in [4.78, 5) is 4.48. The van der Waals surface area contributed by atoms with Crippen molar-refractivity contribution in [1.82, 2.24) is 0 Å². The molecule has 0 rings (SSSR count). The number of hydrogen-bond donors (Lipinski definition) is 0. The lowest BCUT2D eigenvalue weighted by atomic mass is 9.80. The van der Waals surface area contributed by atoms with E-state index in [1.165, 1.54) is 11.1 Å². The van der Waals surface area contributed by atoms with Gasteiger partial charge in [-0.2, -0.15) is 0 Å². The average Bonchev–Trinajstić information content (AvgIpc) is 2.34. The van der Waals surface area contributed by atoms with Crippen molar-refractivity contribution < 1.29 is 0 Å². The van der Waals surface area contributed by atoms with Gasteiger partial charge in [0.25, 0.3) is 0 Å². The summed E-state index contributed by atoms with van der Waals surface area (Å²) in [7, 11) is 0. The second kappa shape index (κ2) is 9.15. The summed E-state index contributed by atoms with van der Waals surface area (Å²) in [6, 6.07) is 0. The monoisotopic (exact) mass is 277 g/mol. The van der Waals surface area contributed by atoms with Crippen molar-refractivity contribution in [2.24, 2.45) is 28.7 Å². The molecule has 0 aliphatic heterocycles. The van der Waals surface area contributed by atoms with Gasteiger partial charge in [-0.15, -0.1) is 0 Å². The maximum absolute atomic E-state index is 4.48. The molecular weight excluding hydrogens is 242 g/mol. The molecule has 2 unspecified atom stereocenters. The van der Waals surface area contributed by atoms with Crippen LogP contribution in [-0.2, 0) is 0 Å². The molecule has 0 fully saturated rings. The predicted octanol–water partition coefficient (Wildman–Crippen LogP) is 6.27. The Morgan fingerprint density at radius 3 is 2.00 bits per heavy atom. The first-order valence-electron chi connectivity index (χ1n) is 8.07. The van der Waals surface area contributed by atoms with E-state index < -0.39 is 0 Å². The summed E-state index contributed by atoms with van der Waals surface area (Å²) >= 11 is 0. The van der Waals surface area contributed by atoms with Gasteiger partial charge in [0.05, 0.1) is 0 Å². The topological polar surface area (TPSA) is 12.4 Å². The van der Waals surface area contributed by atoms with Crippen molar-refractivity contribution in [3.05, 3.63) is 23.4 Å². The van der Waals surface area contributed by atoms with Gasteiger partial charge in [-0.05, 0) is 61.5 Å². The van der Waals surface area contributed by atoms with Gasteiger partial charge in [-0.1, -0.05) is 48.1 Å². The van der Waals surface area contributed by atoms with Gasteiger partial charge in [0, 0.05) is 11.9 Å². The lowest BCUT2D eigenvalue weighted by Gasteiger charge is -2.25. The lowest BCUT2D eigenvalue weighted by Crippen LogP contribution is -2.15. The molecule has 2 atom stereocenters. The Bertz CT molecular complexity index is 358. The molecule has 0 N–H and O–H groups in total. The average molecular weight is 277 g/mol. The van der Waals surface area contributed by atoms with Gasteiger partial charge in [0.15, 0.2) is 0 Å². The maximum Gasteiger partial charge on any atom is 0.0403 e. The molecule has 0 aromatic heterocycles. The second-order valence-corrected chi connectivity index (χ2v) is 6.94. The fourth-order valence-corrected chi connectivity index (χ4v) is 2.58. The first-order valence-corrected chi connectivity index (χ1v) is 8.07. The third-order valence-electron chi connectivity index (χ3n) is 4.32. The molecule has 0 saturated heterocycles. The first-order chi connectivity index (χ1) is 9.20. The minimum absolute atomic E-state index is 0.640. The summed E-state index contributed by atoms with van der Waals surface area (Å²) in [6.07, 6.45) is 4.03. The second-order valence-electron chi connectivity index (χ2n) is 6.94. The van der Waals surface area contributed by atoms with E-state index in [-0.39, 0.29) is 0 Å². The SMILES string of the molecule is C=C(CC(C)C(C)C(C)C)/C(CC(C)C)=C(C)\N=C/C. The Balaban J connectivity index is 5.03. The Kier molecular flexibility index (Phi) is 8.76. The summed E-state index contributed by atoms with van der Waals surface area (Å²) in [5, 5.41) is 0. The highest BCUT2D eigenvalue weighted by molar-refractivity contribution is 5.56. The van der Waals surface area contributed by atoms with Crippen molar-refractivity contribution >= 4 is 6.21 Å². The summed E-state index contributed by atoms with van der Waals surface area (Å²) in [6.45, 7) is 22.3. The van der Waals surface area contributed by atoms with E-state index in [4.69, 9.17) is 0 Å². The Labute approximate surface area is 127 Å².